The fourth-order valence-corrected chi connectivity index (χ4v) is 6.08. The maximum Gasteiger partial charge on any atom is 0.336 e. The molecule has 0 fully saturated rings. The third-order valence-electron chi connectivity index (χ3n) is 8.83. The first-order valence-electron chi connectivity index (χ1n) is 16.6. The maximum atomic E-state index is 11.7. The van der Waals surface area contributed by atoms with Gasteiger partial charge in [0.15, 0.2) is 6.29 Å². The van der Waals surface area contributed by atoms with E-state index in [4.69, 9.17) is 35.5 Å². The Bertz CT molecular complexity index is 2140. The van der Waals surface area contributed by atoms with Crippen LogP contribution in [0.25, 0.3) is 44.6 Å². The van der Waals surface area contributed by atoms with Crippen molar-refractivity contribution in [2.24, 2.45) is 7.05 Å². The highest BCUT2D eigenvalue weighted by molar-refractivity contribution is 5.96. The lowest BCUT2D eigenvalue weighted by Gasteiger charge is -2.22. The van der Waals surface area contributed by atoms with Crippen molar-refractivity contribution in [3.8, 4) is 22.5 Å². The second-order valence-electron chi connectivity index (χ2n) is 12.4. The minimum absolute atomic E-state index is 0.0258. The predicted octanol–water partition coefficient (Wildman–Crippen LogP) is 3.89. The Kier molecular flexibility index (Phi) is 11.8. The smallest absolute Gasteiger partial charge is 0.336 e. The van der Waals surface area contributed by atoms with Gasteiger partial charge >= 0.3 is 5.97 Å². The number of hydrogen-bond donors (Lipinski definition) is 6. The Morgan fingerprint density at radius 1 is 0.863 bits per heavy atom. The predicted molar refractivity (Wildman–Crippen MR) is 193 cm³/mol. The highest BCUT2D eigenvalue weighted by Crippen LogP contribution is 2.31. The first kappa shape index (κ1) is 37.0. The van der Waals surface area contributed by atoms with Crippen LogP contribution in [0.5, 0.6) is 0 Å². The molecular weight excluding hydrogens is 652 g/mol. The summed E-state index contributed by atoms with van der Waals surface area (Å²) in [5, 5.41) is 53.1. The quantitative estimate of drug-likeness (QED) is 0.103. The van der Waals surface area contributed by atoms with Crippen LogP contribution in [-0.2, 0) is 24.8 Å². The molecule has 2 heterocycles. The highest BCUT2D eigenvalue weighted by atomic mass is 16.4. The lowest BCUT2D eigenvalue weighted by molar-refractivity contribution is -0.136. The average molecular weight is 695 g/mol. The number of imidazole rings is 2. The van der Waals surface area contributed by atoms with Crippen LogP contribution in [0.1, 0.15) is 40.7 Å². The summed E-state index contributed by atoms with van der Waals surface area (Å²) in [6.45, 7) is 4.22. The summed E-state index contributed by atoms with van der Waals surface area (Å²) in [6.07, 6.45) is -4.95. The molecule has 4 aromatic carbocycles. The number of carboxylic acid groups (broad SMARTS) is 1. The fraction of sp³-hybridized carbons (Fsp3) is 0.282. The van der Waals surface area contributed by atoms with E-state index in [-0.39, 0.29) is 6.29 Å². The van der Waals surface area contributed by atoms with Gasteiger partial charge in [0.1, 0.15) is 36.1 Å². The van der Waals surface area contributed by atoms with E-state index in [0.717, 1.165) is 74.4 Å². The number of benzene rings is 4. The van der Waals surface area contributed by atoms with Crippen LogP contribution in [0, 0.1) is 6.92 Å². The van der Waals surface area contributed by atoms with E-state index < -0.39 is 37.0 Å². The van der Waals surface area contributed by atoms with Crippen LogP contribution >= 0.6 is 0 Å². The van der Waals surface area contributed by atoms with Crippen LogP contribution in [0.3, 0.4) is 0 Å². The zero-order valence-electron chi connectivity index (χ0n) is 28.6. The van der Waals surface area contributed by atoms with Crippen molar-refractivity contribution < 1.29 is 40.2 Å². The third-order valence-corrected chi connectivity index (χ3v) is 8.83. The molecule has 0 amide bonds. The number of para-hydroxylation sites is 2. The van der Waals surface area contributed by atoms with Crippen molar-refractivity contribution in [1.82, 2.24) is 19.1 Å². The number of hydrogen-bond acceptors (Lipinski definition) is 9. The monoisotopic (exact) mass is 694 g/mol. The first-order valence-corrected chi connectivity index (χ1v) is 16.6. The largest absolute Gasteiger partial charge is 0.478 e. The highest BCUT2D eigenvalue weighted by Gasteiger charge is 2.29. The molecule has 0 aliphatic rings. The summed E-state index contributed by atoms with van der Waals surface area (Å²) in [6, 6.07) is 27.9. The standard InChI is InChI=1S/C33H30N4O2.C6H12O6/c1-4-9-30-35-31-21(2)18-24(32-34-27-12-7-8-13-28(27)36(32)3)19-29(31)37(30)20-22-14-16-23(17-15-22)25-10-5-6-11-26(25)33(38)39;7-1-3(9)5(11)6(12)4(10)2-8/h5-8,10-19H,4,9,20H2,1-3H3,(H,38,39);1,3-6,8-12H,2H2/t;3-,4+,5+,6+/m.0/s1. The van der Waals surface area contributed by atoms with E-state index >= 15 is 0 Å². The van der Waals surface area contributed by atoms with Gasteiger partial charge in [0.2, 0.25) is 0 Å². The molecule has 6 rings (SSSR count). The Morgan fingerprint density at radius 3 is 2.20 bits per heavy atom. The summed E-state index contributed by atoms with van der Waals surface area (Å²) >= 11 is 0. The van der Waals surface area contributed by atoms with Crippen molar-refractivity contribution in [2.75, 3.05) is 6.61 Å². The molecule has 0 saturated heterocycles. The number of carbonyl (C=O) groups is 2. The molecule has 6 aromatic rings. The zero-order valence-corrected chi connectivity index (χ0v) is 28.6. The summed E-state index contributed by atoms with van der Waals surface area (Å²) in [7, 11) is 2.06. The van der Waals surface area contributed by atoms with E-state index in [1.165, 1.54) is 0 Å². The molecule has 12 nitrogen and oxygen atoms in total. The first-order chi connectivity index (χ1) is 24.5. The van der Waals surface area contributed by atoms with Gasteiger partial charge in [-0.1, -0.05) is 61.5 Å². The van der Waals surface area contributed by atoms with Gasteiger partial charge in [-0.3, -0.25) is 0 Å². The van der Waals surface area contributed by atoms with Gasteiger partial charge in [-0.25, -0.2) is 14.8 Å². The molecule has 0 unspecified atom stereocenters. The summed E-state index contributed by atoms with van der Waals surface area (Å²) in [4.78, 5) is 31.6. The van der Waals surface area contributed by atoms with Crippen molar-refractivity contribution in [2.45, 2.75) is 57.6 Å². The number of aliphatic hydroxyl groups excluding tert-OH is 5. The number of carboxylic acids is 1. The number of aldehydes is 1. The molecule has 0 aliphatic heterocycles. The van der Waals surface area contributed by atoms with E-state index in [9.17, 15) is 14.7 Å². The fourth-order valence-electron chi connectivity index (χ4n) is 6.08. The van der Waals surface area contributed by atoms with Crippen LogP contribution in [0.4, 0.5) is 0 Å². The number of rotatable bonds is 12. The minimum atomic E-state index is -1.79. The number of nitrogens with zero attached hydrogens (tertiary/aromatic N) is 4. The molecule has 51 heavy (non-hydrogen) atoms. The van der Waals surface area contributed by atoms with Gasteiger partial charge in [-0.05, 0) is 65.9 Å². The molecule has 0 aliphatic carbocycles. The van der Waals surface area contributed by atoms with Crippen LogP contribution in [-0.4, -0.2) is 93.0 Å². The molecule has 0 spiro atoms. The van der Waals surface area contributed by atoms with Gasteiger partial charge in [0.25, 0.3) is 0 Å². The average Bonchev–Trinajstić information content (AvgIpc) is 3.67. The number of aryl methyl sites for hydroxylation is 3. The summed E-state index contributed by atoms with van der Waals surface area (Å²) in [5.74, 6) is 1.08. The lowest BCUT2D eigenvalue weighted by atomic mass is 9.98. The number of aliphatic hydroxyl groups is 5. The van der Waals surface area contributed by atoms with Crippen LogP contribution in [0.15, 0.2) is 84.9 Å². The van der Waals surface area contributed by atoms with Crippen molar-refractivity contribution >= 4 is 34.3 Å². The third kappa shape index (κ3) is 7.90. The molecule has 0 radical (unpaired) electrons. The normalized spacial score (nSPS) is 13.7. The second-order valence-corrected chi connectivity index (χ2v) is 12.4. The molecular formula is C39H42N4O8. The molecule has 0 saturated carbocycles. The SMILES string of the molecule is CCCc1nc2c(C)cc(-c3nc4ccccc4n3C)cc2n1Cc1ccc(-c2ccccc2C(=O)O)cc1.O=C[C@H](O)[C@@H](O)[C@H](O)[C@H](O)CO. The Balaban J connectivity index is 0.000000362. The second kappa shape index (κ2) is 16.2. The number of carbonyl (C=O) groups excluding carboxylic acids is 1. The van der Waals surface area contributed by atoms with E-state index in [1.54, 1.807) is 12.1 Å². The van der Waals surface area contributed by atoms with Gasteiger partial charge in [-0.2, -0.15) is 0 Å². The topological polar surface area (TPSA) is 191 Å². The van der Waals surface area contributed by atoms with Crippen LogP contribution < -0.4 is 0 Å². The Labute approximate surface area is 294 Å². The molecule has 12 heteroatoms. The Hall–Kier alpha value is -5.24. The van der Waals surface area contributed by atoms with E-state index in [0.29, 0.717) is 12.1 Å². The van der Waals surface area contributed by atoms with Crippen LogP contribution in [0.2, 0.25) is 0 Å². The number of fused-ring (bicyclic) bond motifs is 2. The number of aromatic nitrogens is 4. The number of aromatic carboxylic acids is 1. The molecule has 2 aromatic heterocycles. The molecule has 0 bridgehead atoms. The van der Waals surface area contributed by atoms with Gasteiger partial charge < -0.3 is 44.6 Å². The lowest BCUT2D eigenvalue weighted by Crippen LogP contribution is -2.46. The molecule has 6 N–H and O–H groups in total. The van der Waals surface area contributed by atoms with E-state index in [2.05, 4.69) is 60.4 Å². The van der Waals surface area contributed by atoms with Crippen molar-refractivity contribution in [1.29, 1.82) is 0 Å². The van der Waals surface area contributed by atoms with Gasteiger partial charge in [-0.15, -0.1) is 0 Å². The Morgan fingerprint density at radius 2 is 1.55 bits per heavy atom. The summed E-state index contributed by atoms with van der Waals surface area (Å²) in [5.41, 5.74) is 9.46. The van der Waals surface area contributed by atoms with Crippen molar-refractivity contribution in [3.63, 3.8) is 0 Å². The van der Waals surface area contributed by atoms with Gasteiger partial charge in [0, 0.05) is 25.6 Å². The van der Waals surface area contributed by atoms with E-state index in [1.807, 2.05) is 42.5 Å². The maximum absolute atomic E-state index is 11.7. The molecule has 266 valence electrons. The summed E-state index contributed by atoms with van der Waals surface area (Å²) < 4.78 is 4.47. The van der Waals surface area contributed by atoms with Gasteiger partial charge in [0.05, 0.1) is 34.2 Å². The molecule has 4 atom stereocenters. The zero-order chi connectivity index (χ0) is 36.8. The minimum Gasteiger partial charge on any atom is -0.478 e. The van der Waals surface area contributed by atoms with Crippen molar-refractivity contribution in [3.05, 3.63) is 107 Å².